The third kappa shape index (κ3) is 1.93. The maximum atomic E-state index is 4.08. The predicted octanol–water partition coefficient (Wildman–Crippen LogP) is 3.12. The van der Waals surface area contributed by atoms with E-state index in [0.717, 1.165) is 5.92 Å². The number of hydrogen-bond donors (Lipinski definition) is 1. The average Bonchev–Trinajstić information content (AvgIpc) is 2.58. The van der Waals surface area contributed by atoms with E-state index in [-0.39, 0.29) is 5.41 Å². The van der Waals surface area contributed by atoms with Crippen LogP contribution < -0.4 is 0 Å². The summed E-state index contributed by atoms with van der Waals surface area (Å²) < 4.78 is 0. The Hall–Kier alpha value is -0.790. The van der Waals surface area contributed by atoms with Gasteiger partial charge in [0.05, 0.1) is 6.33 Å². The molecule has 13 heavy (non-hydrogen) atoms. The first kappa shape index (κ1) is 10.3. The van der Waals surface area contributed by atoms with E-state index in [1.54, 1.807) is 6.33 Å². The number of H-pyrrole nitrogens is 1. The second kappa shape index (κ2) is 3.95. The third-order valence-electron chi connectivity index (χ3n) is 3.20. The summed E-state index contributed by atoms with van der Waals surface area (Å²) in [5, 5.41) is 0. The zero-order valence-electron chi connectivity index (χ0n) is 9.09. The number of rotatable bonds is 4. The summed E-state index contributed by atoms with van der Waals surface area (Å²) in [5.74, 6) is 0.730. The molecule has 0 aliphatic rings. The highest BCUT2D eigenvalue weighted by Gasteiger charge is 2.29. The largest absolute Gasteiger partial charge is 0.348 e. The smallest absolute Gasteiger partial charge is 0.0921 e. The van der Waals surface area contributed by atoms with Crippen LogP contribution in [-0.4, -0.2) is 9.97 Å². The fourth-order valence-electron chi connectivity index (χ4n) is 2.14. The molecule has 0 radical (unpaired) electrons. The van der Waals surface area contributed by atoms with Gasteiger partial charge in [0.25, 0.3) is 0 Å². The van der Waals surface area contributed by atoms with Crippen molar-refractivity contribution in [1.82, 2.24) is 9.97 Å². The molecular weight excluding hydrogens is 160 g/mol. The summed E-state index contributed by atoms with van der Waals surface area (Å²) >= 11 is 0. The van der Waals surface area contributed by atoms with E-state index in [0.29, 0.717) is 0 Å². The fourth-order valence-corrected chi connectivity index (χ4v) is 2.14. The van der Waals surface area contributed by atoms with Crippen molar-refractivity contribution < 1.29 is 0 Å². The predicted molar refractivity (Wildman–Crippen MR) is 55.7 cm³/mol. The van der Waals surface area contributed by atoms with Crippen LogP contribution in [0.4, 0.5) is 0 Å². The molecule has 1 aromatic heterocycles. The topological polar surface area (TPSA) is 28.7 Å². The Morgan fingerprint density at radius 2 is 2.00 bits per heavy atom. The molecule has 1 N–H and O–H groups in total. The zero-order valence-corrected chi connectivity index (χ0v) is 9.09. The molecule has 0 spiro atoms. The molecule has 0 aromatic carbocycles. The molecule has 0 fully saturated rings. The SMILES string of the molecule is CCC(CC)C(C)(C)c1cnc[nH]1. The summed E-state index contributed by atoms with van der Waals surface area (Å²) in [6, 6.07) is 0. The highest BCUT2D eigenvalue weighted by atomic mass is 14.9. The fraction of sp³-hybridized carbons (Fsp3) is 0.727. The van der Waals surface area contributed by atoms with Gasteiger partial charge in [0, 0.05) is 17.3 Å². The summed E-state index contributed by atoms with van der Waals surface area (Å²) in [4.78, 5) is 7.30. The van der Waals surface area contributed by atoms with E-state index < -0.39 is 0 Å². The Labute approximate surface area is 80.8 Å². The van der Waals surface area contributed by atoms with Gasteiger partial charge in [-0.3, -0.25) is 0 Å². The quantitative estimate of drug-likeness (QED) is 0.757. The van der Waals surface area contributed by atoms with Crippen molar-refractivity contribution >= 4 is 0 Å². The van der Waals surface area contributed by atoms with Crippen molar-refractivity contribution in [3.05, 3.63) is 18.2 Å². The lowest BCUT2D eigenvalue weighted by Crippen LogP contribution is -2.28. The normalized spacial score (nSPS) is 12.4. The third-order valence-corrected chi connectivity index (χ3v) is 3.20. The van der Waals surface area contributed by atoms with Gasteiger partial charge in [0.1, 0.15) is 0 Å². The van der Waals surface area contributed by atoms with Gasteiger partial charge in [-0.15, -0.1) is 0 Å². The summed E-state index contributed by atoms with van der Waals surface area (Å²) in [6.07, 6.45) is 6.16. The van der Waals surface area contributed by atoms with Crippen LogP contribution in [0.15, 0.2) is 12.5 Å². The van der Waals surface area contributed by atoms with Gasteiger partial charge in [-0.25, -0.2) is 4.98 Å². The van der Waals surface area contributed by atoms with E-state index in [1.165, 1.54) is 18.5 Å². The molecule has 0 bridgehead atoms. The molecule has 1 aromatic rings. The minimum atomic E-state index is 0.222. The van der Waals surface area contributed by atoms with Crippen LogP contribution in [0.1, 0.15) is 46.2 Å². The van der Waals surface area contributed by atoms with E-state index in [4.69, 9.17) is 0 Å². The van der Waals surface area contributed by atoms with Crippen LogP contribution in [0.5, 0.6) is 0 Å². The van der Waals surface area contributed by atoms with Gasteiger partial charge < -0.3 is 4.98 Å². The lowest BCUT2D eigenvalue weighted by atomic mass is 9.74. The lowest BCUT2D eigenvalue weighted by Gasteiger charge is -2.32. The second-order valence-electron chi connectivity index (χ2n) is 4.20. The van der Waals surface area contributed by atoms with Gasteiger partial charge >= 0.3 is 0 Å². The van der Waals surface area contributed by atoms with Crippen LogP contribution >= 0.6 is 0 Å². The molecule has 2 nitrogen and oxygen atoms in total. The van der Waals surface area contributed by atoms with Gasteiger partial charge in [0.15, 0.2) is 0 Å². The molecule has 74 valence electrons. The molecule has 1 heterocycles. The minimum Gasteiger partial charge on any atom is -0.348 e. The standard InChI is InChI=1S/C11H20N2/c1-5-9(6-2)11(3,4)10-7-12-8-13-10/h7-9H,5-6H2,1-4H3,(H,12,13). The van der Waals surface area contributed by atoms with Crippen molar-refractivity contribution in [2.24, 2.45) is 5.92 Å². The summed E-state index contributed by atoms with van der Waals surface area (Å²) in [5.41, 5.74) is 1.47. The maximum Gasteiger partial charge on any atom is 0.0921 e. The Morgan fingerprint density at radius 1 is 1.38 bits per heavy atom. The molecule has 0 saturated carbocycles. The van der Waals surface area contributed by atoms with Crippen molar-refractivity contribution in [3.8, 4) is 0 Å². The first-order valence-corrected chi connectivity index (χ1v) is 5.11. The first-order chi connectivity index (χ1) is 6.12. The van der Waals surface area contributed by atoms with Gasteiger partial charge in [-0.05, 0) is 5.92 Å². The van der Waals surface area contributed by atoms with Gasteiger partial charge in [-0.2, -0.15) is 0 Å². The Balaban J connectivity index is 2.86. The second-order valence-corrected chi connectivity index (χ2v) is 4.20. The number of imidazole rings is 1. The monoisotopic (exact) mass is 180 g/mol. The van der Waals surface area contributed by atoms with E-state index in [2.05, 4.69) is 37.7 Å². The van der Waals surface area contributed by atoms with Crippen molar-refractivity contribution in [1.29, 1.82) is 0 Å². The van der Waals surface area contributed by atoms with Crippen LogP contribution in [0.25, 0.3) is 0 Å². The number of nitrogens with one attached hydrogen (secondary N) is 1. The van der Waals surface area contributed by atoms with Crippen LogP contribution in [0, 0.1) is 5.92 Å². The Kier molecular flexibility index (Phi) is 3.12. The first-order valence-electron chi connectivity index (χ1n) is 5.11. The average molecular weight is 180 g/mol. The molecule has 0 atom stereocenters. The van der Waals surface area contributed by atoms with Crippen molar-refractivity contribution in [3.63, 3.8) is 0 Å². The van der Waals surface area contributed by atoms with E-state index >= 15 is 0 Å². The number of hydrogen-bond acceptors (Lipinski definition) is 1. The van der Waals surface area contributed by atoms with E-state index in [1.807, 2.05) is 6.20 Å². The Bertz CT molecular complexity index is 233. The molecular formula is C11H20N2. The van der Waals surface area contributed by atoms with E-state index in [9.17, 15) is 0 Å². The molecule has 0 aliphatic carbocycles. The molecule has 2 heteroatoms. The summed E-state index contributed by atoms with van der Waals surface area (Å²) in [6.45, 7) is 9.09. The molecule has 0 amide bonds. The van der Waals surface area contributed by atoms with Gasteiger partial charge in [-0.1, -0.05) is 40.5 Å². The lowest BCUT2D eigenvalue weighted by molar-refractivity contribution is 0.293. The zero-order chi connectivity index (χ0) is 9.90. The van der Waals surface area contributed by atoms with Crippen LogP contribution in [0.3, 0.4) is 0 Å². The molecule has 0 saturated heterocycles. The highest BCUT2D eigenvalue weighted by molar-refractivity contribution is 5.11. The maximum absolute atomic E-state index is 4.08. The van der Waals surface area contributed by atoms with Crippen molar-refractivity contribution in [2.75, 3.05) is 0 Å². The highest BCUT2D eigenvalue weighted by Crippen LogP contribution is 2.34. The van der Waals surface area contributed by atoms with Crippen LogP contribution in [-0.2, 0) is 5.41 Å². The van der Waals surface area contributed by atoms with Gasteiger partial charge in [0.2, 0.25) is 0 Å². The minimum absolute atomic E-state index is 0.222. The molecule has 1 rings (SSSR count). The Morgan fingerprint density at radius 3 is 2.38 bits per heavy atom. The number of aromatic nitrogens is 2. The number of aromatic amines is 1. The molecule has 0 unspecified atom stereocenters. The number of nitrogens with zero attached hydrogens (tertiary/aromatic N) is 1. The van der Waals surface area contributed by atoms with Crippen molar-refractivity contribution in [2.45, 2.75) is 46.0 Å². The van der Waals surface area contributed by atoms with Crippen LogP contribution in [0.2, 0.25) is 0 Å². The molecule has 0 aliphatic heterocycles. The summed E-state index contributed by atoms with van der Waals surface area (Å²) in [7, 11) is 0.